The quantitative estimate of drug-likeness (QED) is 0.0945. The molecule has 0 unspecified atom stereocenters. The molecule has 0 aromatic carbocycles. The highest BCUT2D eigenvalue weighted by molar-refractivity contribution is 7.98. The van der Waals surface area contributed by atoms with E-state index in [1.54, 1.807) is 19.6 Å². The van der Waals surface area contributed by atoms with Crippen molar-refractivity contribution in [3.8, 4) is 0 Å². The van der Waals surface area contributed by atoms with E-state index in [0.29, 0.717) is 49.6 Å². The molecule has 26 nitrogen and oxygen atoms in total. The number of fused-ring (bicyclic) bond motifs is 2. The van der Waals surface area contributed by atoms with Crippen LogP contribution in [0.5, 0.6) is 0 Å². The fourth-order valence-corrected chi connectivity index (χ4v) is 12.2. The molecule has 4 aliphatic rings. The van der Waals surface area contributed by atoms with E-state index in [4.69, 9.17) is 4.98 Å². The van der Waals surface area contributed by atoms with E-state index in [1.165, 1.54) is 23.5 Å². The van der Waals surface area contributed by atoms with Gasteiger partial charge in [0.15, 0.2) is 0 Å². The third kappa shape index (κ3) is 23.3. The smallest absolute Gasteiger partial charge is 0.317 e. The topological polar surface area (TPSA) is 336 Å². The molecule has 3 saturated heterocycles. The van der Waals surface area contributed by atoms with Gasteiger partial charge in [-0.2, -0.15) is 23.5 Å². The lowest BCUT2D eigenvalue weighted by Gasteiger charge is -2.42. The molecule has 5 heterocycles. The standard InChI is InChI=1S/C55H87N13O13S2/c1-6-38(4)50-53(80)59-43(52(79)58-39-10-15-63(16-11-39)29-45(70)56-5)36-83-35-41-9-7-8-40(57-41)34-82-27-12-44(69)62-55(54(81)60-42(28-37(2)3)51(78)61-50)13-17-68(18-14-55)46(71)30-64-19-21-65(31-47(72)73)23-25-67(33-49(76)77)26-24-66(22-20-64)32-48(74)75/h7-9,37-39,42-43,50H,5-6,10-36H2,1-4H3,(H,58,79)(H,59,80)(H,60,81)(H,61,78)(H,62,69)(H,72,73)(H,74,75)(H,76,77)/t38-,42-,43-,50-/m0/s1. The molecule has 28 heteroatoms. The number of hydrogen-bond acceptors (Lipinski definition) is 18. The summed E-state index contributed by atoms with van der Waals surface area (Å²) >= 11 is 2.91. The Hall–Kier alpha value is -5.78. The molecule has 0 saturated carbocycles. The highest BCUT2D eigenvalue weighted by atomic mass is 32.2. The van der Waals surface area contributed by atoms with Crippen LogP contribution in [0.1, 0.15) is 84.0 Å². The number of aromatic nitrogens is 1. The molecule has 83 heavy (non-hydrogen) atoms. The lowest BCUT2D eigenvalue weighted by molar-refractivity contribution is -0.142. The van der Waals surface area contributed by atoms with Crippen molar-refractivity contribution in [3.63, 3.8) is 0 Å². The summed E-state index contributed by atoms with van der Waals surface area (Å²) in [6.07, 6.45) is 1.78. The first-order valence-corrected chi connectivity index (χ1v) is 31.0. The maximum Gasteiger partial charge on any atom is 0.317 e. The van der Waals surface area contributed by atoms with Crippen LogP contribution in [0, 0.1) is 11.8 Å². The van der Waals surface area contributed by atoms with E-state index in [9.17, 15) is 63.3 Å². The number of aliphatic carboxylic acids is 3. The number of likely N-dealkylation sites (tertiary alicyclic amines) is 2. The number of amides is 7. The van der Waals surface area contributed by atoms with Gasteiger partial charge in [0, 0.05) is 114 Å². The number of carbonyl (C=O) groups is 10. The summed E-state index contributed by atoms with van der Waals surface area (Å²) in [5.41, 5.74) is -0.0392. The van der Waals surface area contributed by atoms with Gasteiger partial charge in [0.05, 0.1) is 44.1 Å². The molecule has 462 valence electrons. The van der Waals surface area contributed by atoms with Gasteiger partial charge in [-0.3, -0.25) is 77.4 Å². The Balaban J connectivity index is 1.37. The Bertz CT molecular complexity index is 2380. The van der Waals surface area contributed by atoms with Crippen LogP contribution in [0.2, 0.25) is 0 Å². The number of thioether (sulfide) groups is 2. The molecule has 1 spiro atoms. The van der Waals surface area contributed by atoms with Crippen LogP contribution in [0.4, 0.5) is 0 Å². The van der Waals surface area contributed by atoms with Crippen molar-refractivity contribution in [2.75, 3.05) is 123 Å². The zero-order chi connectivity index (χ0) is 60.6. The number of pyridine rings is 1. The molecule has 5 rings (SSSR count). The monoisotopic (exact) mass is 1200 g/mol. The number of carboxylic acids is 3. The Morgan fingerprint density at radius 3 is 1.73 bits per heavy atom. The maximum absolute atomic E-state index is 15.0. The summed E-state index contributed by atoms with van der Waals surface area (Å²) in [7, 11) is 0. The average Bonchev–Trinajstić information content (AvgIpc) is 3.47. The largest absolute Gasteiger partial charge is 0.480 e. The van der Waals surface area contributed by atoms with Crippen LogP contribution in [0.25, 0.3) is 0 Å². The van der Waals surface area contributed by atoms with E-state index >= 15 is 0 Å². The van der Waals surface area contributed by atoms with Crippen LogP contribution in [-0.4, -0.2) is 268 Å². The van der Waals surface area contributed by atoms with E-state index < -0.39 is 77.0 Å². The highest BCUT2D eigenvalue weighted by Crippen LogP contribution is 2.26. The molecule has 1 aromatic heterocycles. The number of nitrogens with zero attached hydrogens (tertiary/aromatic N) is 8. The van der Waals surface area contributed by atoms with Gasteiger partial charge in [-0.25, -0.2) is 4.99 Å². The van der Waals surface area contributed by atoms with Crippen molar-refractivity contribution < 1.29 is 63.3 Å². The summed E-state index contributed by atoms with van der Waals surface area (Å²) in [5, 5.41) is 43.9. The minimum atomic E-state index is -1.57. The van der Waals surface area contributed by atoms with Gasteiger partial charge in [-0.1, -0.05) is 40.2 Å². The Morgan fingerprint density at radius 2 is 1.23 bits per heavy atom. The van der Waals surface area contributed by atoms with Crippen molar-refractivity contribution in [2.45, 2.75) is 114 Å². The van der Waals surface area contributed by atoms with Crippen LogP contribution in [0.3, 0.4) is 0 Å². The predicted octanol–water partition coefficient (Wildman–Crippen LogP) is -0.741. The number of carbonyl (C=O) groups excluding carboxylic acids is 7. The molecule has 1 aromatic rings. The van der Waals surface area contributed by atoms with Crippen molar-refractivity contribution in [3.05, 3.63) is 29.6 Å². The van der Waals surface area contributed by atoms with Gasteiger partial charge < -0.3 is 46.8 Å². The predicted molar refractivity (Wildman–Crippen MR) is 313 cm³/mol. The molecule has 8 N–H and O–H groups in total. The minimum absolute atomic E-state index is 0.0211. The Labute approximate surface area is 494 Å². The second-order valence-corrected chi connectivity index (χ2v) is 24.6. The number of aliphatic imine (C=N–C) groups is 1. The first kappa shape index (κ1) is 68.0. The van der Waals surface area contributed by atoms with Gasteiger partial charge in [0.25, 0.3) is 5.91 Å². The lowest BCUT2D eigenvalue weighted by Crippen LogP contribution is -2.66. The van der Waals surface area contributed by atoms with E-state index in [2.05, 4.69) is 38.3 Å². The molecular formula is C55H87N13O13S2. The zero-order valence-corrected chi connectivity index (χ0v) is 50.2. The summed E-state index contributed by atoms with van der Waals surface area (Å²) in [4.78, 5) is 153. The normalized spacial score (nSPS) is 23.3. The van der Waals surface area contributed by atoms with E-state index in [0.717, 1.165) is 11.4 Å². The van der Waals surface area contributed by atoms with Gasteiger partial charge >= 0.3 is 17.9 Å². The molecule has 4 aliphatic heterocycles. The fraction of sp³-hybridized carbons (Fsp3) is 0.709. The number of nitrogens with one attached hydrogen (secondary N) is 5. The Kier molecular flexibility index (Phi) is 28.1. The van der Waals surface area contributed by atoms with Crippen molar-refractivity contribution in [1.29, 1.82) is 0 Å². The first-order chi connectivity index (χ1) is 39.5. The summed E-state index contributed by atoms with van der Waals surface area (Å²) in [5.74, 6) is -5.60. The minimum Gasteiger partial charge on any atom is -0.480 e. The second kappa shape index (κ2) is 34.2. The average molecular weight is 1200 g/mol. The van der Waals surface area contributed by atoms with Gasteiger partial charge in [0.1, 0.15) is 23.7 Å². The molecule has 4 atom stereocenters. The van der Waals surface area contributed by atoms with Crippen molar-refractivity contribution in [2.24, 2.45) is 16.8 Å². The number of hydrogen-bond donors (Lipinski definition) is 8. The number of rotatable bonds is 16. The van der Waals surface area contributed by atoms with Crippen molar-refractivity contribution >= 4 is 89.5 Å². The van der Waals surface area contributed by atoms with Crippen LogP contribution in [0.15, 0.2) is 23.2 Å². The van der Waals surface area contributed by atoms with Crippen LogP contribution < -0.4 is 26.6 Å². The van der Waals surface area contributed by atoms with Gasteiger partial charge in [-0.05, 0) is 62.8 Å². The maximum atomic E-state index is 15.0. The van der Waals surface area contributed by atoms with Crippen LogP contribution >= 0.6 is 23.5 Å². The zero-order valence-electron chi connectivity index (χ0n) is 48.5. The first-order valence-electron chi connectivity index (χ1n) is 28.7. The van der Waals surface area contributed by atoms with E-state index in [1.807, 2.05) is 55.7 Å². The molecule has 3 fully saturated rings. The molecular weight excluding hydrogens is 1110 g/mol. The third-order valence-electron chi connectivity index (χ3n) is 15.5. The lowest BCUT2D eigenvalue weighted by atomic mass is 9.85. The molecule has 2 bridgehead atoms. The fourth-order valence-electron chi connectivity index (χ4n) is 10.4. The van der Waals surface area contributed by atoms with Crippen LogP contribution in [-0.2, 0) is 59.5 Å². The molecule has 7 amide bonds. The SMILES string of the molecule is C=NC(=O)CN1CCC(NC(=O)[C@@H]2CSCc3cccc(n3)CSCCC(=O)NC3(CCN(C(=O)CN4CCN(CC(=O)O)CCN(CC(=O)O)CCN(CC(=O)O)CC4)CC3)C(=O)N[C@@H](CC(C)C)C(=O)N[C@@H]([C@@H](C)CC)C(=O)N2)CC1. The van der Waals surface area contributed by atoms with Gasteiger partial charge in [-0.15, -0.1) is 0 Å². The Morgan fingerprint density at radius 1 is 0.711 bits per heavy atom. The number of carboxylic acid groups (broad SMARTS) is 3. The summed E-state index contributed by atoms with van der Waals surface area (Å²) in [6.45, 7) is 12.7. The van der Waals surface area contributed by atoms with Crippen molar-refractivity contribution in [1.82, 2.24) is 61.0 Å². The van der Waals surface area contributed by atoms with Gasteiger partial charge in [0.2, 0.25) is 35.4 Å². The molecule has 0 radical (unpaired) electrons. The van der Waals surface area contributed by atoms with E-state index in [-0.39, 0.29) is 153 Å². The molecule has 0 aliphatic carbocycles. The second-order valence-electron chi connectivity index (χ2n) is 22.4. The number of piperidine rings is 2. The highest BCUT2D eigenvalue weighted by Gasteiger charge is 2.45. The third-order valence-corrected chi connectivity index (χ3v) is 17.6. The summed E-state index contributed by atoms with van der Waals surface area (Å²) < 4.78 is 0. The summed E-state index contributed by atoms with van der Waals surface area (Å²) in [6, 6.07) is 2.13.